The summed E-state index contributed by atoms with van der Waals surface area (Å²) >= 11 is 1.52. The normalized spacial score (nSPS) is 10.8. The molecule has 0 radical (unpaired) electrons. The summed E-state index contributed by atoms with van der Waals surface area (Å²) in [6, 6.07) is 11.7. The number of fused-ring (bicyclic) bond motifs is 1. The van der Waals surface area contributed by atoms with E-state index >= 15 is 0 Å². The van der Waals surface area contributed by atoms with Gasteiger partial charge in [-0.3, -0.25) is 9.78 Å². The number of pyridine rings is 1. The first kappa shape index (κ1) is 14.7. The van der Waals surface area contributed by atoms with Crippen LogP contribution in [0.15, 0.2) is 48.8 Å². The first-order chi connectivity index (χ1) is 10.7. The summed E-state index contributed by atoms with van der Waals surface area (Å²) in [5.41, 5.74) is 2.03. The number of aromatic nitrogens is 1. The molecule has 2 heterocycles. The second kappa shape index (κ2) is 6.68. The molecular formula is C17H16N2O2S. The lowest BCUT2D eigenvalue weighted by Gasteiger charge is -2.04. The van der Waals surface area contributed by atoms with E-state index in [0.717, 1.165) is 26.2 Å². The quantitative estimate of drug-likeness (QED) is 0.761. The van der Waals surface area contributed by atoms with Crippen LogP contribution < -0.4 is 5.32 Å². The Labute approximate surface area is 132 Å². The Kier molecular flexibility index (Phi) is 4.46. The maximum atomic E-state index is 12.1. The smallest absolute Gasteiger partial charge is 0.229 e. The number of nitrogens with zero attached hydrogens (tertiary/aromatic N) is 1. The van der Waals surface area contributed by atoms with E-state index in [4.69, 9.17) is 5.11 Å². The molecule has 0 unspecified atom stereocenters. The van der Waals surface area contributed by atoms with Gasteiger partial charge in [0.15, 0.2) is 0 Å². The van der Waals surface area contributed by atoms with Crippen molar-refractivity contribution in [3.8, 4) is 0 Å². The molecule has 4 nitrogen and oxygen atoms in total. The summed E-state index contributed by atoms with van der Waals surface area (Å²) in [6.45, 7) is 0.140. The van der Waals surface area contributed by atoms with Crippen LogP contribution in [0.2, 0.25) is 0 Å². The van der Waals surface area contributed by atoms with Crippen molar-refractivity contribution >= 4 is 32.3 Å². The summed E-state index contributed by atoms with van der Waals surface area (Å²) in [4.78, 5) is 16.2. The highest BCUT2D eigenvalue weighted by molar-refractivity contribution is 7.22. The van der Waals surface area contributed by atoms with Crippen molar-refractivity contribution in [2.24, 2.45) is 0 Å². The predicted octanol–water partition coefficient (Wildman–Crippen LogP) is 3.01. The van der Waals surface area contributed by atoms with Crippen molar-refractivity contribution in [1.29, 1.82) is 0 Å². The molecule has 1 amide bonds. The molecule has 3 aromatic rings. The number of hydrogen-bond acceptors (Lipinski definition) is 4. The van der Waals surface area contributed by atoms with Crippen LogP contribution in [0.3, 0.4) is 0 Å². The molecule has 112 valence electrons. The molecular weight excluding hydrogens is 296 g/mol. The third kappa shape index (κ3) is 3.50. The number of hydrogen-bond donors (Lipinski definition) is 2. The van der Waals surface area contributed by atoms with Crippen molar-refractivity contribution < 1.29 is 9.90 Å². The van der Waals surface area contributed by atoms with Crippen LogP contribution in [0.4, 0.5) is 5.00 Å². The lowest BCUT2D eigenvalue weighted by atomic mass is 10.1. The van der Waals surface area contributed by atoms with Crippen molar-refractivity contribution in [1.82, 2.24) is 4.98 Å². The molecule has 2 aromatic heterocycles. The first-order valence-corrected chi connectivity index (χ1v) is 7.88. The molecule has 0 atom stereocenters. The van der Waals surface area contributed by atoms with Gasteiger partial charge in [0, 0.05) is 19.0 Å². The summed E-state index contributed by atoms with van der Waals surface area (Å²) < 4.78 is 1.06. The lowest BCUT2D eigenvalue weighted by molar-refractivity contribution is -0.115. The number of carbonyl (C=O) groups excluding carboxylic acids is 1. The van der Waals surface area contributed by atoms with Gasteiger partial charge in [-0.1, -0.05) is 24.3 Å². The average Bonchev–Trinajstić information content (AvgIpc) is 2.91. The molecule has 0 bridgehead atoms. The maximum Gasteiger partial charge on any atom is 0.229 e. The van der Waals surface area contributed by atoms with Crippen molar-refractivity contribution in [3.63, 3.8) is 0 Å². The van der Waals surface area contributed by atoms with E-state index in [1.165, 1.54) is 11.3 Å². The van der Waals surface area contributed by atoms with E-state index in [-0.39, 0.29) is 12.5 Å². The maximum absolute atomic E-state index is 12.1. The third-order valence-corrected chi connectivity index (χ3v) is 4.37. The van der Waals surface area contributed by atoms with Gasteiger partial charge in [-0.2, -0.15) is 0 Å². The highest BCUT2D eigenvalue weighted by Crippen LogP contribution is 2.28. The zero-order valence-corrected chi connectivity index (χ0v) is 12.8. The number of benzene rings is 1. The zero-order chi connectivity index (χ0) is 15.4. The fourth-order valence-electron chi connectivity index (χ4n) is 2.27. The van der Waals surface area contributed by atoms with E-state index in [1.54, 1.807) is 12.4 Å². The molecule has 22 heavy (non-hydrogen) atoms. The number of aliphatic hydroxyl groups is 1. The highest BCUT2D eigenvalue weighted by Gasteiger charge is 2.07. The average molecular weight is 312 g/mol. The minimum Gasteiger partial charge on any atom is -0.396 e. The Balaban J connectivity index is 1.64. The van der Waals surface area contributed by atoms with Crippen molar-refractivity contribution in [3.05, 3.63) is 59.9 Å². The minimum absolute atomic E-state index is 0.0329. The van der Waals surface area contributed by atoms with Gasteiger partial charge in [-0.05, 0) is 35.1 Å². The van der Waals surface area contributed by atoms with Gasteiger partial charge >= 0.3 is 0 Å². The number of rotatable bonds is 5. The van der Waals surface area contributed by atoms with E-state index in [0.29, 0.717) is 12.8 Å². The molecule has 0 fully saturated rings. The Morgan fingerprint density at radius 3 is 2.68 bits per heavy atom. The number of aliphatic hydroxyl groups excluding tert-OH is 1. The number of thiophene rings is 1. The van der Waals surface area contributed by atoms with E-state index < -0.39 is 0 Å². The van der Waals surface area contributed by atoms with Crippen molar-refractivity contribution in [2.75, 3.05) is 11.9 Å². The Hall–Kier alpha value is -2.24. The molecule has 0 aliphatic rings. The van der Waals surface area contributed by atoms with Gasteiger partial charge in [0.25, 0.3) is 0 Å². The standard InChI is InChI=1S/C17H16N2O2S/c20-8-6-12-1-3-13(4-2-12)9-16(21)19-17-10-14-5-7-18-11-15(14)22-17/h1-5,7,10-11,20H,6,8-9H2,(H,19,21). The van der Waals surface area contributed by atoms with Crippen LogP contribution in [-0.4, -0.2) is 22.6 Å². The fraction of sp³-hybridized carbons (Fsp3) is 0.176. The van der Waals surface area contributed by atoms with E-state index in [9.17, 15) is 4.79 Å². The molecule has 3 rings (SSSR count). The van der Waals surface area contributed by atoms with Gasteiger partial charge in [-0.15, -0.1) is 11.3 Å². The molecule has 0 aliphatic carbocycles. The Bertz CT molecular complexity index is 748. The van der Waals surface area contributed by atoms with Crippen molar-refractivity contribution in [2.45, 2.75) is 12.8 Å². The van der Waals surface area contributed by atoms with Crippen LogP contribution in [-0.2, 0) is 17.6 Å². The number of anilines is 1. The zero-order valence-electron chi connectivity index (χ0n) is 12.0. The Morgan fingerprint density at radius 1 is 1.18 bits per heavy atom. The largest absolute Gasteiger partial charge is 0.396 e. The summed E-state index contributed by atoms with van der Waals surface area (Å²) in [7, 11) is 0. The number of carbonyl (C=O) groups is 1. The van der Waals surface area contributed by atoms with Gasteiger partial charge < -0.3 is 10.4 Å². The minimum atomic E-state index is -0.0329. The van der Waals surface area contributed by atoms with Crippen LogP contribution in [0.5, 0.6) is 0 Å². The first-order valence-electron chi connectivity index (χ1n) is 7.07. The van der Waals surface area contributed by atoms with E-state index in [2.05, 4.69) is 10.3 Å². The van der Waals surface area contributed by atoms with Gasteiger partial charge in [0.2, 0.25) is 5.91 Å². The molecule has 0 aliphatic heterocycles. The summed E-state index contributed by atoms with van der Waals surface area (Å²) in [5, 5.41) is 13.7. The topological polar surface area (TPSA) is 62.2 Å². The van der Waals surface area contributed by atoms with Gasteiger partial charge in [-0.25, -0.2) is 0 Å². The molecule has 2 N–H and O–H groups in total. The SMILES string of the molecule is O=C(Cc1ccc(CCO)cc1)Nc1cc2ccncc2s1. The predicted molar refractivity (Wildman–Crippen MR) is 89.2 cm³/mol. The lowest BCUT2D eigenvalue weighted by Crippen LogP contribution is -2.13. The summed E-state index contributed by atoms with van der Waals surface area (Å²) in [5.74, 6) is -0.0329. The van der Waals surface area contributed by atoms with Gasteiger partial charge in [0.05, 0.1) is 16.1 Å². The number of nitrogens with one attached hydrogen (secondary N) is 1. The molecule has 0 saturated carbocycles. The third-order valence-electron chi connectivity index (χ3n) is 3.37. The second-order valence-electron chi connectivity index (χ2n) is 5.04. The summed E-state index contributed by atoms with van der Waals surface area (Å²) in [6.07, 6.45) is 4.53. The van der Waals surface area contributed by atoms with Crippen LogP contribution in [0.25, 0.3) is 10.1 Å². The number of amides is 1. The van der Waals surface area contributed by atoms with Crippen LogP contribution >= 0.6 is 11.3 Å². The van der Waals surface area contributed by atoms with Crippen LogP contribution in [0, 0.1) is 0 Å². The second-order valence-corrected chi connectivity index (χ2v) is 6.12. The monoisotopic (exact) mass is 312 g/mol. The highest BCUT2D eigenvalue weighted by atomic mass is 32.1. The van der Waals surface area contributed by atoms with Crippen LogP contribution in [0.1, 0.15) is 11.1 Å². The molecule has 0 spiro atoms. The van der Waals surface area contributed by atoms with E-state index in [1.807, 2.05) is 36.4 Å². The Morgan fingerprint density at radius 2 is 1.95 bits per heavy atom. The molecule has 1 aromatic carbocycles. The molecule has 0 saturated heterocycles. The van der Waals surface area contributed by atoms with Gasteiger partial charge in [0.1, 0.15) is 0 Å². The fourth-order valence-corrected chi connectivity index (χ4v) is 3.21. The molecule has 5 heteroatoms.